The Labute approximate surface area is 104 Å². The van der Waals surface area contributed by atoms with E-state index in [4.69, 9.17) is 0 Å². The molecule has 0 saturated carbocycles. The average molecular weight is 234 g/mol. The van der Waals surface area contributed by atoms with Gasteiger partial charge in [0, 0.05) is 0 Å². The zero-order valence-electron chi connectivity index (χ0n) is 11.0. The lowest BCUT2D eigenvalue weighted by Gasteiger charge is -2.36. The molecule has 0 aromatic carbocycles. The summed E-state index contributed by atoms with van der Waals surface area (Å²) in [6, 6.07) is 0. The number of hydrogen-bond acceptors (Lipinski definition) is 2. The molecule has 0 spiro atoms. The minimum Gasteiger partial charge on any atom is -0.386 e. The van der Waals surface area contributed by atoms with Crippen LogP contribution in [0, 0.1) is 11.3 Å². The van der Waals surface area contributed by atoms with Gasteiger partial charge >= 0.3 is 0 Å². The SMILES string of the molecule is C=C[C@@](C)(O)CC[C@H]1C(=C)C(=O)C=CC1(C)C. The molecule has 0 aliphatic heterocycles. The standard InChI is InChI=1S/C15H22O2/c1-6-15(5,17)10-7-12-11(2)13(16)8-9-14(12,3)4/h6,8-9,12,17H,1-2,7,10H2,3-5H3/t12-,15+/m0/s1. The van der Waals surface area contributed by atoms with Gasteiger partial charge in [0.05, 0.1) is 5.60 Å². The first-order valence-corrected chi connectivity index (χ1v) is 5.98. The summed E-state index contributed by atoms with van der Waals surface area (Å²) in [7, 11) is 0. The van der Waals surface area contributed by atoms with Crippen molar-refractivity contribution in [2.24, 2.45) is 11.3 Å². The highest BCUT2D eigenvalue weighted by Gasteiger charge is 2.35. The summed E-state index contributed by atoms with van der Waals surface area (Å²) in [4.78, 5) is 11.6. The Morgan fingerprint density at radius 3 is 2.71 bits per heavy atom. The molecular formula is C15H22O2. The largest absolute Gasteiger partial charge is 0.386 e. The van der Waals surface area contributed by atoms with Gasteiger partial charge in [-0.3, -0.25) is 4.79 Å². The molecule has 1 aliphatic rings. The Morgan fingerprint density at radius 1 is 1.59 bits per heavy atom. The van der Waals surface area contributed by atoms with Crippen LogP contribution in [0.25, 0.3) is 0 Å². The van der Waals surface area contributed by atoms with E-state index in [0.29, 0.717) is 12.0 Å². The van der Waals surface area contributed by atoms with Crippen molar-refractivity contribution in [3.63, 3.8) is 0 Å². The first kappa shape index (κ1) is 13.9. The molecule has 0 unspecified atom stereocenters. The van der Waals surface area contributed by atoms with Crippen molar-refractivity contribution >= 4 is 5.78 Å². The van der Waals surface area contributed by atoms with E-state index in [0.717, 1.165) is 6.42 Å². The van der Waals surface area contributed by atoms with E-state index in [1.54, 1.807) is 19.1 Å². The number of allylic oxidation sites excluding steroid dienone is 3. The molecule has 0 amide bonds. The normalized spacial score (nSPS) is 26.7. The summed E-state index contributed by atoms with van der Waals surface area (Å²) in [6.07, 6.45) is 6.41. The van der Waals surface area contributed by atoms with E-state index >= 15 is 0 Å². The van der Waals surface area contributed by atoms with Crippen molar-refractivity contribution in [2.75, 3.05) is 0 Å². The van der Waals surface area contributed by atoms with Crippen molar-refractivity contribution in [1.29, 1.82) is 0 Å². The molecule has 2 atom stereocenters. The third-order valence-corrected chi connectivity index (χ3v) is 3.68. The lowest BCUT2D eigenvalue weighted by Crippen LogP contribution is -2.32. The maximum Gasteiger partial charge on any atom is 0.181 e. The maximum absolute atomic E-state index is 11.6. The molecule has 2 heteroatoms. The van der Waals surface area contributed by atoms with Crippen LogP contribution in [0.5, 0.6) is 0 Å². The minimum atomic E-state index is -0.874. The number of ketones is 1. The minimum absolute atomic E-state index is 0.00701. The van der Waals surface area contributed by atoms with E-state index in [2.05, 4.69) is 27.0 Å². The zero-order chi connectivity index (χ0) is 13.3. The summed E-state index contributed by atoms with van der Waals surface area (Å²) in [5, 5.41) is 9.93. The van der Waals surface area contributed by atoms with Gasteiger partial charge in [-0.15, -0.1) is 6.58 Å². The molecule has 1 rings (SSSR count). The number of rotatable bonds is 4. The summed E-state index contributed by atoms with van der Waals surface area (Å²) < 4.78 is 0. The molecule has 0 radical (unpaired) electrons. The van der Waals surface area contributed by atoms with Crippen LogP contribution in [0.4, 0.5) is 0 Å². The van der Waals surface area contributed by atoms with Crippen LogP contribution >= 0.6 is 0 Å². The molecule has 0 aromatic rings. The summed E-state index contributed by atoms with van der Waals surface area (Å²) in [5.74, 6) is 0.0963. The third kappa shape index (κ3) is 3.16. The first-order valence-electron chi connectivity index (χ1n) is 5.98. The van der Waals surface area contributed by atoms with Crippen LogP contribution in [-0.2, 0) is 4.79 Å². The Kier molecular flexibility index (Phi) is 3.78. The topological polar surface area (TPSA) is 37.3 Å². The van der Waals surface area contributed by atoms with Gasteiger partial charge in [0.25, 0.3) is 0 Å². The lowest BCUT2D eigenvalue weighted by atomic mass is 9.67. The van der Waals surface area contributed by atoms with Crippen molar-refractivity contribution in [1.82, 2.24) is 0 Å². The summed E-state index contributed by atoms with van der Waals surface area (Å²) in [6.45, 7) is 13.4. The monoisotopic (exact) mass is 234 g/mol. The highest BCUT2D eigenvalue weighted by Crippen LogP contribution is 2.41. The van der Waals surface area contributed by atoms with Crippen LogP contribution in [-0.4, -0.2) is 16.5 Å². The fraction of sp³-hybridized carbons (Fsp3) is 0.533. The quantitative estimate of drug-likeness (QED) is 0.599. The fourth-order valence-electron chi connectivity index (χ4n) is 2.22. The first-order chi connectivity index (χ1) is 7.69. The Hall–Kier alpha value is -1.15. The molecule has 0 saturated heterocycles. The van der Waals surface area contributed by atoms with Gasteiger partial charge in [-0.2, -0.15) is 0 Å². The molecule has 1 N–H and O–H groups in total. The molecule has 94 valence electrons. The summed E-state index contributed by atoms with van der Waals surface area (Å²) in [5.41, 5.74) is -0.305. The number of carbonyl (C=O) groups is 1. The van der Waals surface area contributed by atoms with Crippen molar-refractivity contribution < 1.29 is 9.90 Å². The van der Waals surface area contributed by atoms with Crippen LogP contribution in [0.3, 0.4) is 0 Å². The van der Waals surface area contributed by atoms with Crippen molar-refractivity contribution in [3.8, 4) is 0 Å². The molecule has 0 fully saturated rings. The van der Waals surface area contributed by atoms with E-state index in [9.17, 15) is 9.90 Å². The van der Waals surface area contributed by atoms with E-state index in [1.807, 2.05) is 6.08 Å². The van der Waals surface area contributed by atoms with Gasteiger partial charge in [0.1, 0.15) is 0 Å². The van der Waals surface area contributed by atoms with Gasteiger partial charge in [-0.25, -0.2) is 0 Å². The molecule has 0 heterocycles. The average Bonchev–Trinajstić information content (AvgIpc) is 2.24. The molecular weight excluding hydrogens is 212 g/mol. The zero-order valence-corrected chi connectivity index (χ0v) is 11.0. The Morgan fingerprint density at radius 2 is 2.18 bits per heavy atom. The van der Waals surface area contributed by atoms with Crippen molar-refractivity contribution in [2.45, 2.75) is 39.2 Å². The lowest BCUT2D eigenvalue weighted by molar-refractivity contribution is -0.112. The second kappa shape index (κ2) is 4.61. The van der Waals surface area contributed by atoms with E-state index in [-0.39, 0.29) is 17.1 Å². The van der Waals surface area contributed by atoms with Crippen LogP contribution < -0.4 is 0 Å². The third-order valence-electron chi connectivity index (χ3n) is 3.68. The van der Waals surface area contributed by atoms with Crippen LogP contribution in [0.1, 0.15) is 33.6 Å². The number of aliphatic hydroxyl groups is 1. The fourth-order valence-corrected chi connectivity index (χ4v) is 2.22. The molecule has 0 aromatic heterocycles. The maximum atomic E-state index is 11.6. The van der Waals surface area contributed by atoms with Gasteiger partial charge < -0.3 is 5.11 Å². The van der Waals surface area contributed by atoms with Gasteiger partial charge in [-0.1, -0.05) is 32.6 Å². The van der Waals surface area contributed by atoms with E-state index in [1.165, 1.54) is 0 Å². The second-order valence-electron chi connectivity index (χ2n) is 5.70. The van der Waals surface area contributed by atoms with Gasteiger partial charge in [0.2, 0.25) is 0 Å². The Balaban J connectivity index is 2.82. The predicted octanol–water partition coefficient (Wildman–Crippen LogP) is 3.04. The highest BCUT2D eigenvalue weighted by molar-refractivity contribution is 6.05. The molecule has 1 aliphatic carbocycles. The summed E-state index contributed by atoms with van der Waals surface area (Å²) >= 11 is 0. The number of carbonyl (C=O) groups excluding carboxylic acids is 1. The van der Waals surface area contributed by atoms with Crippen LogP contribution in [0.2, 0.25) is 0 Å². The number of hydrogen-bond donors (Lipinski definition) is 1. The molecule has 0 bridgehead atoms. The van der Waals surface area contributed by atoms with Gasteiger partial charge in [0.15, 0.2) is 5.78 Å². The predicted molar refractivity (Wildman–Crippen MR) is 70.6 cm³/mol. The van der Waals surface area contributed by atoms with Crippen LogP contribution in [0.15, 0.2) is 37.0 Å². The van der Waals surface area contributed by atoms with E-state index < -0.39 is 5.60 Å². The van der Waals surface area contributed by atoms with Gasteiger partial charge in [-0.05, 0) is 42.7 Å². The molecule has 17 heavy (non-hydrogen) atoms. The Bertz CT molecular complexity index is 372. The second-order valence-corrected chi connectivity index (χ2v) is 5.70. The highest BCUT2D eigenvalue weighted by atomic mass is 16.3. The smallest absolute Gasteiger partial charge is 0.181 e. The van der Waals surface area contributed by atoms with Crippen molar-refractivity contribution in [3.05, 3.63) is 37.0 Å². The molecule has 2 nitrogen and oxygen atoms in total.